The lowest BCUT2D eigenvalue weighted by Crippen LogP contribution is -2.35. The minimum Gasteiger partial charge on any atom is -0.391 e. The van der Waals surface area contributed by atoms with Gasteiger partial charge < -0.3 is 10.8 Å². The van der Waals surface area contributed by atoms with Crippen LogP contribution < -0.4 is 11.4 Å². The normalized spacial score (nSPS) is 26.5. The van der Waals surface area contributed by atoms with E-state index in [0.29, 0.717) is 0 Å². The number of nitrogens with zero attached hydrogens (tertiary/aromatic N) is 2. The molecule has 0 bridgehead atoms. The summed E-state index contributed by atoms with van der Waals surface area (Å²) < 4.78 is 1.49. The van der Waals surface area contributed by atoms with E-state index in [2.05, 4.69) is 4.98 Å². The van der Waals surface area contributed by atoms with E-state index >= 15 is 0 Å². The summed E-state index contributed by atoms with van der Waals surface area (Å²) in [4.78, 5) is 15.2. The van der Waals surface area contributed by atoms with Crippen molar-refractivity contribution < 1.29 is 5.11 Å². The molecule has 5 heteroatoms. The molecule has 5 nitrogen and oxygen atoms in total. The second-order valence-electron chi connectivity index (χ2n) is 3.96. The Balaban J connectivity index is 2.32. The average Bonchev–Trinajstić information content (AvgIpc) is 2.20. The van der Waals surface area contributed by atoms with Crippen LogP contribution in [-0.4, -0.2) is 20.8 Å². The van der Waals surface area contributed by atoms with Gasteiger partial charge in [-0.25, -0.2) is 4.79 Å². The largest absolute Gasteiger partial charge is 0.391 e. The van der Waals surface area contributed by atoms with E-state index in [0.717, 1.165) is 25.7 Å². The molecule has 0 aromatic carbocycles. The van der Waals surface area contributed by atoms with Gasteiger partial charge in [0.15, 0.2) is 0 Å². The minimum atomic E-state index is -0.443. The van der Waals surface area contributed by atoms with E-state index < -0.39 is 6.10 Å². The van der Waals surface area contributed by atoms with Crippen molar-refractivity contribution in [1.82, 2.24) is 9.55 Å². The Kier molecular flexibility index (Phi) is 2.73. The van der Waals surface area contributed by atoms with Gasteiger partial charge in [0.05, 0.1) is 12.1 Å². The average molecular weight is 209 g/mol. The minimum absolute atomic E-state index is 0.139. The van der Waals surface area contributed by atoms with Crippen LogP contribution in [0.15, 0.2) is 17.1 Å². The molecule has 2 atom stereocenters. The maximum Gasteiger partial charge on any atom is 0.349 e. The number of hydrogen-bond acceptors (Lipinski definition) is 4. The Bertz CT molecular complexity index is 402. The van der Waals surface area contributed by atoms with Gasteiger partial charge in [-0.1, -0.05) is 12.8 Å². The fourth-order valence-electron chi connectivity index (χ4n) is 2.09. The van der Waals surface area contributed by atoms with Crippen LogP contribution in [0.5, 0.6) is 0 Å². The lowest BCUT2D eigenvalue weighted by molar-refractivity contribution is 0.0731. The number of nitrogens with two attached hydrogens (primary N) is 1. The first kappa shape index (κ1) is 10.2. The molecular formula is C10H15N3O2. The van der Waals surface area contributed by atoms with Crippen molar-refractivity contribution >= 4 is 5.82 Å². The van der Waals surface area contributed by atoms with Crippen molar-refractivity contribution in [3.63, 3.8) is 0 Å². The summed E-state index contributed by atoms with van der Waals surface area (Å²) in [5.74, 6) is 0.224. The van der Waals surface area contributed by atoms with E-state index in [1.165, 1.54) is 4.57 Å². The summed E-state index contributed by atoms with van der Waals surface area (Å²) in [6.07, 6.45) is 4.81. The lowest BCUT2D eigenvalue weighted by atomic mass is 9.92. The molecule has 0 radical (unpaired) electrons. The summed E-state index contributed by atoms with van der Waals surface area (Å²) >= 11 is 0. The molecule has 2 rings (SSSR count). The van der Waals surface area contributed by atoms with Crippen molar-refractivity contribution in [3.8, 4) is 0 Å². The van der Waals surface area contributed by atoms with Crippen LogP contribution in [0, 0.1) is 0 Å². The Hall–Kier alpha value is -1.36. The Morgan fingerprint density at radius 3 is 2.87 bits per heavy atom. The fraction of sp³-hybridized carbons (Fsp3) is 0.600. The molecular weight excluding hydrogens is 194 g/mol. The number of aromatic nitrogens is 2. The van der Waals surface area contributed by atoms with Gasteiger partial charge in [-0.15, -0.1) is 0 Å². The van der Waals surface area contributed by atoms with Crippen molar-refractivity contribution in [2.45, 2.75) is 37.8 Å². The third-order valence-electron chi connectivity index (χ3n) is 2.90. The molecule has 1 aliphatic rings. The number of aliphatic hydroxyl groups is 1. The number of rotatable bonds is 1. The first-order valence-electron chi connectivity index (χ1n) is 5.21. The molecule has 3 N–H and O–H groups in total. The number of hydrogen-bond donors (Lipinski definition) is 2. The highest BCUT2D eigenvalue weighted by molar-refractivity contribution is 5.23. The SMILES string of the molecule is Nc1ccn([C@H]2CCCC[C@H]2O)c(=O)n1. The molecule has 1 fully saturated rings. The van der Waals surface area contributed by atoms with Crippen LogP contribution >= 0.6 is 0 Å². The lowest BCUT2D eigenvalue weighted by Gasteiger charge is -2.28. The van der Waals surface area contributed by atoms with Gasteiger partial charge in [-0.05, 0) is 18.9 Å². The standard InChI is InChI=1S/C10H15N3O2/c11-9-5-6-13(10(15)12-9)7-3-1-2-4-8(7)14/h5-8,14H,1-4H2,(H2,11,12,15)/t7-,8+/m0/s1. The van der Waals surface area contributed by atoms with Gasteiger partial charge in [-0.2, -0.15) is 4.98 Å². The Labute approximate surface area is 87.6 Å². The Morgan fingerprint density at radius 2 is 2.20 bits per heavy atom. The van der Waals surface area contributed by atoms with E-state index in [1.807, 2.05) is 0 Å². The maximum absolute atomic E-state index is 11.5. The van der Waals surface area contributed by atoms with E-state index in [4.69, 9.17) is 5.73 Å². The van der Waals surface area contributed by atoms with Gasteiger partial charge in [0.2, 0.25) is 0 Å². The van der Waals surface area contributed by atoms with Crippen LogP contribution in [0.1, 0.15) is 31.7 Å². The quantitative estimate of drug-likeness (QED) is 0.697. The van der Waals surface area contributed by atoms with Gasteiger partial charge in [0.25, 0.3) is 0 Å². The van der Waals surface area contributed by atoms with E-state index in [1.54, 1.807) is 12.3 Å². The third-order valence-corrected chi connectivity index (χ3v) is 2.90. The molecule has 1 aliphatic carbocycles. The van der Waals surface area contributed by atoms with Crippen LogP contribution in [0.25, 0.3) is 0 Å². The second-order valence-corrected chi connectivity index (χ2v) is 3.96. The molecule has 1 saturated carbocycles. The van der Waals surface area contributed by atoms with E-state index in [-0.39, 0.29) is 17.5 Å². The highest BCUT2D eigenvalue weighted by atomic mass is 16.3. The molecule has 0 amide bonds. The Morgan fingerprint density at radius 1 is 1.47 bits per heavy atom. The van der Waals surface area contributed by atoms with Gasteiger partial charge in [0.1, 0.15) is 5.82 Å². The first-order valence-corrected chi connectivity index (χ1v) is 5.21. The number of aliphatic hydroxyl groups excluding tert-OH is 1. The smallest absolute Gasteiger partial charge is 0.349 e. The first-order chi connectivity index (χ1) is 7.18. The van der Waals surface area contributed by atoms with Crippen molar-refractivity contribution in [1.29, 1.82) is 0 Å². The highest BCUT2D eigenvalue weighted by Gasteiger charge is 2.25. The van der Waals surface area contributed by atoms with Gasteiger partial charge in [0, 0.05) is 6.20 Å². The van der Waals surface area contributed by atoms with Crippen LogP contribution in [0.4, 0.5) is 5.82 Å². The van der Waals surface area contributed by atoms with Crippen molar-refractivity contribution in [2.75, 3.05) is 5.73 Å². The molecule has 0 unspecified atom stereocenters. The number of anilines is 1. The molecule has 0 saturated heterocycles. The van der Waals surface area contributed by atoms with E-state index in [9.17, 15) is 9.90 Å². The fourth-order valence-corrected chi connectivity index (χ4v) is 2.09. The predicted octanol–water partition coefficient (Wildman–Crippen LogP) is 0.301. The van der Waals surface area contributed by atoms with Crippen LogP contribution in [-0.2, 0) is 0 Å². The summed E-state index contributed by atoms with van der Waals surface area (Å²) in [5, 5.41) is 9.80. The summed E-state index contributed by atoms with van der Waals surface area (Å²) in [6.45, 7) is 0. The zero-order valence-electron chi connectivity index (χ0n) is 8.47. The zero-order valence-corrected chi connectivity index (χ0v) is 8.47. The van der Waals surface area contributed by atoms with Crippen LogP contribution in [0.3, 0.4) is 0 Å². The molecule has 1 heterocycles. The molecule has 82 valence electrons. The van der Waals surface area contributed by atoms with Crippen LogP contribution in [0.2, 0.25) is 0 Å². The predicted molar refractivity (Wildman–Crippen MR) is 56.4 cm³/mol. The summed E-state index contributed by atoms with van der Waals surface area (Å²) in [6, 6.07) is 1.45. The molecule has 0 aliphatic heterocycles. The monoisotopic (exact) mass is 209 g/mol. The second kappa shape index (κ2) is 4.02. The van der Waals surface area contributed by atoms with Gasteiger partial charge >= 0.3 is 5.69 Å². The highest BCUT2D eigenvalue weighted by Crippen LogP contribution is 2.27. The topological polar surface area (TPSA) is 81.1 Å². The van der Waals surface area contributed by atoms with Crippen molar-refractivity contribution in [3.05, 3.63) is 22.7 Å². The molecule has 1 aromatic rings. The third kappa shape index (κ3) is 2.02. The molecule has 15 heavy (non-hydrogen) atoms. The van der Waals surface area contributed by atoms with Gasteiger partial charge in [-0.3, -0.25) is 4.57 Å². The molecule has 0 spiro atoms. The maximum atomic E-state index is 11.5. The zero-order chi connectivity index (χ0) is 10.8. The summed E-state index contributed by atoms with van der Waals surface area (Å²) in [5.41, 5.74) is 5.03. The number of nitrogen functional groups attached to an aromatic ring is 1. The van der Waals surface area contributed by atoms with Crippen molar-refractivity contribution in [2.24, 2.45) is 0 Å². The molecule has 1 aromatic heterocycles. The summed E-state index contributed by atoms with van der Waals surface area (Å²) in [7, 11) is 0.